The predicted octanol–water partition coefficient (Wildman–Crippen LogP) is 4.19. The molecule has 0 unspecified atom stereocenters. The van der Waals surface area contributed by atoms with Gasteiger partial charge in [-0.2, -0.15) is 5.10 Å². The zero-order valence-corrected chi connectivity index (χ0v) is 16.7. The molecule has 1 atom stereocenters. The Hall–Kier alpha value is -3.02. The largest absolute Gasteiger partial charge is 0.332 e. The van der Waals surface area contributed by atoms with Crippen LogP contribution in [0.3, 0.4) is 0 Å². The summed E-state index contributed by atoms with van der Waals surface area (Å²) in [4.78, 5) is 23.6. The van der Waals surface area contributed by atoms with E-state index in [4.69, 9.17) is 0 Å². The molecular weight excluding hydrogens is 350 g/mol. The lowest BCUT2D eigenvalue weighted by molar-refractivity contribution is 0.0671. The molecule has 1 aromatic carbocycles. The van der Waals surface area contributed by atoms with Gasteiger partial charge in [-0.15, -0.1) is 0 Å². The van der Waals surface area contributed by atoms with Crippen LogP contribution in [-0.4, -0.2) is 36.6 Å². The summed E-state index contributed by atoms with van der Waals surface area (Å²) in [5.41, 5.74) is 2.67. The molecule has 0 aliphatic carbocycles. The van der Waals surface area contributed by atoms with Crippen molar-refractivity contribution in [1.29, 1.82) is 0 Å². The van der Waals surface area contributed by atoms with Crippen molar-refractivity contribution in [3.8, 4) is 11.4 Å². The average Bonchev–Trinajstić information content (AvgIpc) is 3.20. The highest BCUT2D eigenvalue weighted by molar-refractivity contribution is 5.94. The molecule has 28 heavy (non-hydrogen) atoms. The zero-order chi connectivity index (χ0) is 19.9. The van der Waals surface area contributed by atoms with E-state index in [0.29, 0.717) is 12.1 Å². The second-order valence-electron chi connectivity index (χ2n) is 6.94. The number of amides is 1. The van der Waals surface area contributed by atoms with Gasteiger partial charge in [-0.05, 0) is 43.5 Å². The molecule has 2 aromatic heterocycles. The standard InChI is InChI=1S/C22H27N5O/c1-4-13-27-21(24-16-25-27)19-8-10-20(11-9-19)22(28)26(17(3)5-2)15-18-7-6-12-23-14-18/h6-12,14,16-17H,4-5,13,15H2,1-3H3/t17-/m0/s1. The number of rotatable bonds is 8. The lowest BCUT2D eigenvalue weighted by Gasteiger charge is -2.29. The molecule has 6 heteroatoms. The fourth-order valence-corrected chi connectivity index (χ4v) is 3.13. The molecule has 0 bridgehead atoms. The van der Waals surface area contributed by atoms with Crippen molar-refractivity contribution in [3.63, 3.8) is 0 Å². The minimum atomic E-state index is 0.0276. The highest BCUT2D eigenvalue weighted by Gasteiger charge is 2.21. The number of carbonyl (C=O) groups excluding carboxylic acids is 1. The second kappa shape index (κ2) is 9.26. The van der Waals surface area contributed by atoms with Gasteiger partial charge in [0.2, 0.25) is 0 Å². The van der Waals surface area contributed by atoms with Crippen molar-refractivity contribution in [2.45, 2.75) is 52.7 Å². The van der Waals surface area contributed by atoms with Crippen molar-refractivity contribution < 1.29 is 4.79 Å². The molecule has 0 fully saturated rings. The number of pyridine rings is 1. The van der Waals surface area contributed by atoms with Crippen LogP contribution in [0.4, 0.5) is 0 Å². The van der Waals surface area contributed by atoms with Crippen LogP contribution in [0.15, 0.2) is 55.1 Å². The van der Waals surface area contributed by atoms with E-state index < -0.39 is 0 Å². The van der Waals surface area contributed by atoms with E-state index in [9.17, 15) is 4.79 Å². The molecule has 0 aliphatic heterocycles. The van der Waals surface area contributed by atoms with E-state index in [1.165, 1.54) is 0 Å². The highest BCUT2D eigenvalue weighted by atomic mass is 16.2. The minimum Gasteiger partial charge on any atom is -0.332 e. The van der Waals surface area contributed by atoms with Crippen molar-refractivity contribution in [2.75, 3.05) is 0 Å². The van der Waals surface area contributed by atoms with E-state index in [-0.39, 0.29) is 11.9 Å². The summed E-state index contributed by atoms with van der Waals surface area (Å²) >= 11 is 0. The van der Waals surface area contributed by atoms with Gasteiger partial charge in [0.1, 0.15) is 6.33 Å². The van der Waals surface area contributed by atoms with Crippen LogP contribution in [0.25, 0.3) is 11.4 Å². The van der Waals surface area contributed by atoms with E-state index in [1.54, 1.807) is 12.5 Å². The predicted molar refractivity (Wildman–Crippen MR) is 110 cm³/mol. The Morgan fingerprint density at radius 3 is 2.61 bits per heavy atom. The van der Waals surface area contributed by atoms with Gasteiger partial charge in [0.15, 0.2) is 5.82 Å². The van der Waals surface area contributed by atoms with Gasteiger partial charge < -0.3 is 4.90 Å². The summed E-state index contributed by atoms with van der Waals surface area (Å²) in [5, 5.41) is 4.27. The normalized spacial score (nSPS) is 12.0. The fraction of sp³-hybridized carbons (Fsp3) is 0.364. The van der Waals surface area contributed by atoms with Gasteiger partial charge >= 0.3 is 0 Å². The number of carbonyl (C=O) groups is 1. The summed E-state index contributed by atoms with van der Waals surface area (Å²) in [6.45, 7) is 7.66. The fourth-order valence-electron chi connectivity index (χ4n) is 3.13. The number of hydrogen-bond acceptors (Lipinski definition) is 4. The molecule has 2 heterocycles. The Kier molecular flexibility index (Phi) is 6.53. The molecule has 6 nitrogen and oxygen atoms in total. The van der Waals surface area contributed by atoms with Crippen molar-refractivity contribution >= 4 is 5.91 Å². The van der Waals surface area contributed by atoms with Gasteiger partial charge in [-0.25, -0.2) is 9.67 Å². The van der Waals surface area contributed by atoms with Crippen LogP contribution in [0.5, 0.6) is 0 Å². The lowest BCUT2D eigenvalue weighted by atomic mass is 10.1. The van der Waals surface area contributed by atoms with E-state index in [2.05, 4.69) is 35.8 Å². The molecule has 0 aliphatic rings. The Balaban J connectivity index is 1.82. The van der Waals surface area contributed by atoms with Crippen LogP contribution < -0.4 is 0 Å². The molecule has 0 radical (unpaired) electrons. The van der Waals surface area contributed by atoms with Gasteiger partial charge in [0, 0.05) is 42.7 Å². The Morgan fingerprint density at radius 2 is 1.96 bits per heavy atom. The van der Waals surface area contributed by atoms with Gasteiger partial charge in [-0.3, -0.25) is 9.78 Å². The van der Waals surface area contributed by atoms with E-state index >= 15 is 0 Å². The first-order chi connectivity index (χ1) is 13.6. The minimum absolute atomic E-state index is 0.0276. The third-order valence-electron chi connectivity index (χ3n) is 4.90. The lowest BCUT2D eigenvalue weighted by Crippen LogP contribution is -2.37. The maximum atomic E-state index is 13.2. The number of aromatic nitrogens is 4. The Morgan fingerprint density at radius 1 is 1.18 bits per heavy atom. The summed E-state index contributed by atoms with van der Waals surface area (Å²) < 4.78 is 1.89. The Labute approximate surface area is 166 Å². The third kappa shape index (κ3) is 4.44. The van der Waals surface area contributed by atoms with Crippen molar-refractivity contribution in [3.05, 3.63) is 66.2 Å². The first kappa shape index (κ1) is 19.7. The molecule has 0 saturated carbocycles. The molecule has 3 rings (SSSR count). The SMILES string of the molecule is CCCn1ncnc1-c1ccc(C(=O)N(Cc2cccnc2)[C@@H](C)CC)cc1. The maximum absolute atomic E-state index is 13.2. The van der Waals surface area contributed by atoms with Crippen LogP contribution in [0.1, 0.15) is 49.5 Å². The van der Waals surface area contributed by atoms with Crippen molar-refractivity contribution in [2.24, 2.45) is 0 Å². The van der Waals surface area contributed by atoms with Gasteiger partial charge in [0.05, 0.1) is 0 Å². The number of aryl methyl sites for hydroxylation is 1. The summed E-state index contributed by atoms with van der Waals surface area (Å²) in [6, 6.07) is 11.7. The van der Waals surface area contributed by atoms with Crippen LogP contribution in [0, 0.1) is 0 Å². The first-order valence-corrected chi connectivity index (χ1v) is 9.82. The summed E-state index contributed by atoms with van der Waals surface area (Å²) in [5.74, 6) is 0.856. The third-order valence-corrected chi connectivity index (χ3v) is 4.90. The number of nitrogens with zero attached hydrogens (tertiary/aromatic N) is 5. The topological polar surface area (TPSA) is 63.9 Å². The van der Waals surface area contributed by atoms with Crippen molar-refractivity contribution in [1.82, 2.24) is 24.6 Å². The molecule has 146 valence electrons. The summed E-state index contributed by atoms with van der Waals surface area (Å²) in [6.07, 6.45) is 7.01. The molecular formula is C22H27N5O. The molecule has 1 amide bonds. The molecule has 0 saturated heterocycles. The smallest absolute Gasteiger partial charge is 0.254 e. The zero-order valence-electron chi connectivity index (χ0n) is 16.7. The summed E-state index contributed by atoms with van der Waals surface area (Å²) in [7, 11) is 0. The van der Waals surface area contributed by atoms with Gasteiger partial charge in [0.25, 0.3) is 5.91 Å². The number of hydrogen-bond donors (Lipinski definition) is 0. The first-order valence-electron chi connectivity index (χ1n) is 9.82. The average molecular weight is 377 g/mol. The molecule has 3 aromatic rings. The van der Waals surface area contributed by atoms with E-state index in [0.717, 1.165) is 36.3 Å². The maximum Gasteiger partial charge on any atom is 0.254 e. The molecule has 0 N–H and O–H groups in total. The monoisotopic (exact) mass is 377 g/mol. The van der Waals surface area contributed by atoms with Crippen LogP contribution in [-0.2, 0) is 13.1 Å². The second-order valence-corrected chi connectivity index (χ2v) is 6.94. The van der Waals surface area contributed by atoms with E-state index in [1.807, 2.05) is 52.2 Å². The van der Waals surface area contributed by atoms with Crippen LogP contribution in [0.2, 0.25) is 0 Å². The van der Waals surface area contributed by atoms with Gasteiger partial charge in [-0.1, -0.05) is 32.0 Å². The van der Waals surface area contributed by atoms with Crippen LogP contribution >= 0.6 is 0 Å². The number of benzene rings is 1. The quantitative estimate of drug-likeness (QED) is 0.590. The molecule has 0 spiro atoms. The highest BCUT2D eigenvalue weighted by Crippen LogP contribution is 2.20. The Bertz CT molecular complexity index is 889.